The molecule has 0 unspecified atom stereocenters. The molecule has 5 aromatic rings. The summed E-state index contributed by atoms with van der Waals surface area (Å²) in [5.74, 6) is 1.11. The minimum atomic E-state index is -0.213. The van der Waals surface area contributed by atoms with Crippen molar-refractivity contribution in [3.8, 4) is 11.1 Å². The molecule has 0 spiro atoms. The zero-order valence-corrected chi connectivity index (χ0v) is 18.3. The Morgan fingerprint density at radius 1 is 0.871 bits per heavy atom. The third-order valence-electron chi connectivity index (χ3n) is 5.74. The zero-order chi connectivity index (χ0) is 20.8. The van der Waals surface area contributed by atoms with Gasteiger partial charge in [0.05, 0.1) is 15.7 Å². The van der Waals surface area contributed by atoms with Gasteiger partial charge in [-0.05, 0) is 59.9 Å². The Kier molecular flexibility index (Phi) is 4.73. The molecule has 0 N–H and O–H groups in total. The van der Waals surface area contributed by atoms with Crippen LogP contribution in [0.25, 0.3) is 32.2 Å². The molecule has 0 atom stereocenters. The summed E-state index contributed by atoms with van der Waals surface area (Å²) in [7, 11) is 0. The largest absolute Gasteiger partial charge is 0.252 e. The lowest BCUT2D eigenvalue weighted by Gasteiger charge is -2.17. The van der Waals surface area contributed by atoms with E-state index in [1.165, 1.54) is 34.4 Å². The Balaban J connectivity index is 1.50. The van der Waals surface area contributed by atoms with Crippen LogP contribution < -0.4 is 0 Å². The predicted octanol–water partition coefficient (Wildman–Crippen LogP) is 7.82. The fourth-order valence-electron chi connectivity index (χ4n) is 4.10. The summed E-state index contributed by atoms with van der Waals surface area (Å²) in [6.45, 7) is 0. The number of fused-ring (bicyclic) bond motifs is 2. The van der Waals surface area contributed by atoms with E-state index in [1.54, 1.807) is 35.2 Å². The summed E-state index contributed by atoms with van der Waals surface area (Å²) in [6, 6.07) is 23.4. The Bertz CT molecular complexity index is 1370. The summed E-state index contributed by atoms with van der Waals surface area (Å²) in [5, 5.41) is 1.12. The first kappa shape index (κ1) is 19.0. The summed E-state index contributed by atoms with van der Waals surface area (Å²) in [4.78, 5) is 9.90. The van der Waals surface area contributed by atoms with Crippen molar-refractivity contribution in [1.82, 2.24) is 9.97 Å². The van der Waals surface area contributed by atoms with Crippen molar-refractivity contribution in [3.63, 3.8) is 0 Å². The molecular formula is C26H19FN2S2. The Labute approximate surface area is 188 Å². The normalized spacial score (nSPS) is 13.8. The number of rotatable bonds is 5. The van der Waals surface area contributed by atoms with E-state index in [-0.39, 0.29) is 5.82 Å². The van der Waals surface area contributed by atoms with Gasteiger partial charge in [-0.25, -0.2) is 9.37 Å². The molecule has 0 saturated heterocycles. The van der Waals surface area contributed by atoms with Gasteiger partial charge in [0, 0.05) is 22.8 Å². The number of halogens is 1. The molecule has 31 heavy (non-hydrogen) atoms. The maximum absolute atomic E-state index is 13.7. The number of benzene rings is 3. The molecule has 1 fully saturated rings. The van der Waals surface area contributed by atoms with Crippen molar-refractivity contribution in [3.05, 3.63) is 89.9 Å². The van der Waals surface area contributed by atoms with Crippen LogP contribution in [0.4, 0.5) is 4.39 Å². The average molecular weight is 443 g/mol. The summed E-state index contributed by atoms with van der Waals surface area (Å²) in [5.41, 5.74) is 6.75. The summed E-state index contributed by atoms with van der Waals surface area (Å²) in [6.07, 6.45) is 2.38. The molecule has 152 valence electrons. The Morgan fingerprint density at radius 2 is 1.61 bits per heavy atom. The van der Waals surface area contributed by atoms with Crippen molar-refractivity contribution in [2.75, 3.05) is 0 Å². The molecule has 1 aliphatic rings. The average Bonchev–Trinajstić information content (AvgIpc) is 3.56. The third-order valence-corrected chi connectivity index (χ3v) is 7.94. The Hall–Kier alpha value is -2.76. The highest BCUT2D eigenvalue weighted by atomic mass is 32.2. The van der Waals surface area contributed by atoms with E-state index in [2.05, 4.69) is 36.4 Å². The van der Waals surface area contributed by atoms with Crippen LogP contribution in [-0.4, -0.2) is 9.97 Å². The number of pyridine rings is 1. The van der Waals surface area contributed by atoms with Gasteiger partial charge in [0.25, 0.3) is 0 Å². The fraction of sp³-hybridized carbons (Fsp3) is 0.154. The van der Waals surface area contributed by atoms with Crippen molar-refractivity contribution >= 4 is 44.2 Å². The highest BCUT2D eigenvalue weighted by Gasteiger charge is 2.30. The van der Waals surface area contributed by atoms with Gasteiger partial charge in [0.1, 0.15) is 5.82 Å². The first-order valence-corrected chi connectivity index (χ1v) is 12.2. The SMILES string of the molecule is Fc1ccc(-c2c(CSc3nc4ccccc4s3)c(C3CC3)nc3ccccc23)cc1. The van der Waals surface area contributed by atoms with Gasteiger partial charge in [-0.2, -0.15) is 0 Å². The maximum atomic E-state index is 13.7. The quantitative estimate of drug-likeness (QED) is 0.259. The molecule has 2 heterocycles. The molecule has 0 radical (unpaired) electrons. The van der Waals surface area contributed by atoms with Crippen LogP contribution in [0.15, 0.2) is 77.1 Å². The lowest BCUT2D eigenvalue weighted by Crippen LogP contribution is -2.01. The molecule has 0 bridgehead atoms. The number of thioether (sulfide) groups is 1. The van der Waals surface area contributed by atoms with Gasteiger partial charge < -0.3 is 0 Å². The van der Waals surface area contributed by atoms with E-state index >= 15 is 0 Å². The zero-order valence-electron chi connectivity index (χ0n) is 16.7. The number of nitrogens with zero attached hydrogens (tertiary/aromatic N) is 2. The topological polar surface area (TPSA) is 25.8 Å². The highest BCUT2D eigenvalue weighted by molar-refractivity contribution is 8.00. The molecule has 2 aromatic heterocycles. The second kappa shape index (κ2) is 7.74. The lowest BCUT2D eigenvalue weighted by molar-refractivity contribution is 0.628. The standard InChI is InChI=1S/C26H19FN2S2/c27-18-13-11-16(12-14-18)24-19-5-1-2-6-21(19)28-25(17-9-10-17)20(24)15-30-26-29-22-7-3-4-8-23(22)31-26/h1-8,11-14,17H,9-10,15H2. The van der Waals surface area contributed by atoms with Crippen molar-refractivity contribution < 1.29 is 4.39 Å². The summed E-state index contributed by atoms with van der Waals surface area (Å²) < 4.78 is 16.0. The number of aromatic nitrogens is 2. The third kappa shape index (κ3) is 3.62. The van der Waals surface area contributed by atoms with Crippen LogP contribution in [0.3, 0.4) is 0 Å². The number of thiazole rings is 1. The van der Waals surface area contributed by atoms with E-state index in [0.29, 0.717) is 5.92 Å². The van der Waals surface area contributed by atoms with Crippen LogP contribution in [0.2, 0.25) is 0 Å². The number of hydrogen-bond donors (Lipinski definition) is 0. The first-order chi connectivity index (χ1) is 15.3. The van der Waals surface area contributed by atoms with Crippen LogP contribution in [0, 0.1) is 5.82 Å². The van der Waals surface area contributed by atoms with E-state index < -0.39 is 0 Å². The van der Waals surface area contributed by atoms with Gasteiger partial charge in [-0.15, -0.1) is 11.3 Å². The van der Waals surface area contributed by atoms with Crippen molar-refractivity contribution in [1.29, 1.82) is 0 Å². The van der Waals surface area contributed by atoms with Gasteiger partial charge in [-0.1, -0.05) is 54.2 Å². The highest BCUT2D eigenvalue weighted by Crippen LogP contribution is 2.46. The molecule has 5 heteroatoms. The molecule has 1 saturated carbocycles. The van der Waals surface area contributed by atoms with Gasteiger partial charge in [0.2, 0.25) is 0 Å². The van der Waals surface area contributed by atoms with Crippen LogP contribution in [0.5, 0.6) is 0 Å². The molecule has 6 rings (SSSR count). The molecule has 3 aromatic carbocycles. The smallest absolute Gasteiger partial charge is 0.151 e. The maximum Gasteiger partial charge on any atom is 0.151 e. The van der Waals surface area contributed by atoms with Crippen LogP contribution in [-0.2, 0) is 5.75 Å². The molecular weight excluding hydrogens is 423 g/mol. The minimum absolute atomic E-state index is 0.213. The van der Waals surface area contributed by atoms with E-state index in [4.69, 9.17) is 9.97 Å². The Morgan fingerprint density at radius 3 is 2.39 bits per heavy atom. The second-order valence-electron chi connectivity index (χ2n) is 7.89. The second-order valence-corrected chi connectivity index (χ2v) is 10.1. The molecule has 0 amide bonds. The molecule has 0 aliphatic heterocycles. The molecule has 1 aliphatic carbocycles. The van der Waals surface area contributed by atoms with Crippen molar-refractivity contribution in [2.45, 2.75) is 28.9 Å². The van der Waals surface area contributed by atoms with E-state index in [9.17, 15) is 4.39 Å². The van der Waals surface area contributed by atoms with Gasteiger partial charge >= 0.3 is 0 Å². The number of hydrogen-bond acceptors (Lipinski definition) is 4. The fourth-order valence-corrected chi connectivity index (χ4v) is 6.21. The van der Waals surface area contributed by atoms with Gasteiger partial charge in [0.15, 0.2) is 4.34 Å². The number of para-hydroxylation sites is 2. The van der Waals surface area contributed by atoms with E-state index in [0.717, 1.165) is 32.1 Å². The van der Waals surface area contributed by atoms with Crippen molar-refractivity contribution in [2.24, 2.45) is 0 Å². The van der Waals surface area contributed by atoms with Crippen LogP contribution in [0.1, 0.15) is 30.0 Å². The summed E-state index contributed by atoms with van der Waals surface area (Å²) >= 11 is 3.51. The predicted molar refractivity (Wildman–Crippen MR) is 128 cm³/mol. The lowest BCUT2D eigenvalue weighted by atomic mass is 9.93. The van der Waals surface area contributed by atoms with Gasteiger partial charge in [-0.3, -0.25) is 4.98 Å². The minimum Gasteiger partial charge on any atom is -0.252 e. The monoisotopic (exact) mass is 442 g/mol. The van der Waals surface area contributed by atoms with Crippen LogP contribution >= 0.6 is 23.1 Å². The van der Waals surface area contributed by atoms with E-state index in [1.807, 2.05) is 24.3 Å². The molecule has 2 nitrogen and oxygen atoms in total. The first-order valence-electron chi connectivity index (χ1n) is 10.4.